The average Bonchev–Trinajstić information content (AvgIpc) is 3.66. The molecule has 1 atom stereocenters. The van der Waals surface area contributed by atoms with Gasteiger partial charge in [-0.15, -0.1) is 5.10 Å². The van der Waals surface area contributed by atoms with E-state index >= 15 is 0 Å². The zero-order valence-electron chi connectivity index (χ0n) is 24.3. The Kier molecular flexibility index (Phi) is 7.62. The van der Waals surface area contributed by atoms with Gasteiger partial charge < -0.3 is 19.2 Å². The molecular formula is C32H34N6O4. The van der Waals surface area contributed by atoms with Crippen molar-refractivity contribution in [3.8, 4) is 17.2 Å². The van der Waals surface area contributed by atoms with E-state index in [-0.39, 0.29) is 18.4 Å². The van der Waals surface area contributed by atoms with Gasteiger partial charge in [0.25, 0.3) is 5.56 Å². The lowest BCUT2D eigenvalue weighted by atomic mass is 10.0. The topological polar surface area (TPSA) is 107 Å². The van der Waals surface area contributed by atoms with Gasteiger partial charge in [0.1, 0.15) is 5.75 Å². The molecule has 2 aromatic heterocycles. The van der Waals surface area contributed by atoms with Crippen LogP contribution in [0.3, 0.4) is 0 Å². The second-order valence-corrected chi connectivity index (χ2v) is 10.7. The number of methoxy groups -OCH3 is 1. The summed E-state index contributed by atoms with van der Waals surface area (Å²) in [7, 11) is 1.65. The Labute approximate surface area is 243 Å². The summed E-state index contributed by atoms with van der Waals surface area (Å²) in [6.45, 7) is 7.88. The Balaban J connectivity index is 1.36. The molecule has 0 bridgehead atoms. The van der Waals surface area contributed by atoms with Crippen molar-refractivity contribution in [1.82, 2.24) is 30.1 Å². The van der Waals surface area contributed by atoms with E-state index in [0.717, 1.165) is 62.7 Å². The molecule has 3 heterocycles. The van der Waals surface area contributed by atoms with Crippen LogP contribution in [0, 0.1) is 13.8 Å². The largest absolute Gasteiger partial charge is 0.497 e. The molecule has 0 saturated heterocycles. The summed E-state index contributed by atoms with van der Waals surface area (Å²) in [5, 5.41) is 13.9. The Morgan fingerprint density at radius 2 is 1.79 bits per heavy atom. The van der Waals surface area contributed by atoms with Gasteiger partial charge in [0.2, 0.25) is 6.79 Å². The fourth-order valence-corrected chi connectivity index (χ4v) is 5.53. The van der Waals surface area contributed by atoms with Crippen LogP contribution in [0.4, 0.5) is 0 Å². The molecule has 0 unspecified atom stereocenters. The molecular weight excluding hydrogens is 532 g/mol. The second-order valence-electron chi connectivity index (χ2n) is 10.7. The van der Waals surface area contributed by atoms with E-state index < -0.39 is 0 Å². The molecule has 1 aliphatic heterocycles. The fourth-order valence-electron chi connectivity index (χ4n) is 5.53. The summed E-state index contributed by atoms with van der Waals surface area (Å²) in [5.41, 5.74) is 5.77. The summed E-state index contributed by atoms with van der Waals surface area (Å²) in [5.74, 6) is 2.98. The highest BCUT2D eigenvalue weighted by molar-refractivity contribution is 5.83. The van der Waals surface area contributed by atoms with Crippen LogP contribution >= 0.6 is 0 Å². The van der Waals surface area contributed by atoms with E-state index in [1.165, 1.54) is 0 Å². The molecule has 0 amide bonds. The van der Waals surface area contributed by atoms with Crippen molar-refractivity contribution in [3.63, 3.8) is 0 Å². The van der Waals surface area contributed by atoms with Crippen molar-refractivity contribution in [3.05, 3.63) is 105 Å². The van der Waals surface area contributed by atoms with Crippen LogP contribution in [-0.4, -0.2) is 44.0 Å². The van der Waals surface area contributed by atoms with Crippen molar-refractivity contribution in [2.45, 2.75) is 52.9 Å². The lowest BCUT2D eigenvalue weighted by Crippen LogP contribution is -2.32. The van der Waals surface area contributed by atoms with Crippen LogP contribution in [0.1, 0.15) is 53.0 Å². The monoisotopic (exact) mass is 566 g/mol. The number of hydrogen-bond acceptors (Lipinski definition) is 8. The molecule has 216 valence electrons. The average molecular weight is 567 g/mol. The number of benzene rings is 3. The molecule has 6 rings (SSSR count). The van der Waals surface area contributed by atoms with Gasteiger partial charge in [0.15, 0.2) is 17.3 Å². The first-order valence-electron chi connectivity index (χ1n) is 14.1. The lowest BCUT2D eigenvalue weighted by Gasteiger charge is -2.30. The van der Waals surface area contributed by atoms with Gasteiger partial charge in [-0.1, -0.05) is 37.3 Å². The maximum absolute atomic E-state index is 13.4. The van der Waals surface area contributed by atoms with E-state index in [0.29, 0.717) is 25.2 Å². The van der Waals surface area contributed by atoms with Crippen molar-refractivity contribution in [2.75, 3.05) is 13.9 Å². The molecule has 3 aromatic carbocycles. The molecule has 42 heavy (non-hydrogen) atoms. The molecule has 0 saturated carbocycles. The van der Waals surface area contributed by atoms with Gasteiger partial charge in [-0.05, 0) is 88.7 Å². The van der Waals surface area contributed by atoms with Crippen LogP contribution in [-0.2, 0) is 19.6 Å². The van der Waals surface area contributed by atoms with E-state index in [2.05, 4.69) is 51.4 Å². The van der Waals surface area contributed by atoms with Crippen LogP contribution in [0.15, 0.2) is 65.5 Å². The van der Waals surface area contributed by atoms with Gasteiger partial charge in [-0.3, -0.25) is 9.69 Å². The zero-order chi connectivity index (χ0) is 29.2. The molecule has 0 fully saturated rings. The molecule has 1 aliphatic rings. The summed E-state index contributed by atoms with van der Waals surface area (Å²) < 4.78 is 18.3. The first-order valence-corrected chi connectivity index (χ1v) is 14.1. The maximum Gasteiger partial charge on any atom is 0.252 e. The number of rotatable bonds is 10. The van der Waals surface area contributed by atoms with Gasteiger partial charge in [0, 0.05) is 18.7 Å². The second kappa shape index (κ2) is 11.7. The maximum atomic E-state index is 13.4. The Hall–Kier alpha value is -4.70. The summed E-state index contributed by atoms with van der Waals surface area (Å²) in [6.07, 6.45) is 0.733. The summed E-state index contributed by atoms with van der Waals surface area (Å²) in [4.78, 5) is 18.8. The number of hydrogen-bond donors (Lipinski definition) is 1. The lowest BCUT2D eigenvalue weighted by molar-refractivity contribution is 0.161. The quantitative estimate of drug-likeness (QED) is 0.250. The third kappa shape index (κ3) is 5.45. The number of pyridine rings is 1. The molecule has 0 radical (unpaired) electrons. The third-order valence-corrected chi connectivity index (χ3v) is 8.00. The minimum Gasteiger partial charge on any atom is -0.497 e. The van der Waals surface area contributed by atoms with Crippen LogP contribution in [0.5, 0.6) is 17.2 Å². The van der Waals surface area contributed by atoms with Gasteiger partial charge in [-0.2, -0.15) is 0 Å². The zero-order valence-corrected chi connectivity index (χ0v) is 24.3. The number of ether oxygens (including phenoxy) is 3. The van der Waals surface area contributed by atoms with Gasteiger partial charge in [0.05, 0.1) is 25.2 Å². The number of fused-ring (bicyclic) bond motifs is 2. The third-order valence-electron chi connectivity index (χ3n) is 8.00. The molecule has 10 nitrogen and oxygen atoms in total. The highest BCUT2D eigenvalue weighted by atomic mass is 16.7. The van der Waals surface area contributed by atoms with Crippen LogP contribution < -0.4 is 19.8 Å². The molecule has 5 aromatic rings. The molecule has 1 N–H and O–H groups in total. The van der Waals surface area contributed by atoms with E-state index in [1.807, 2.05) is 60.1 Å². The van der Waals surface area contributed by atoms with E-state index in [4.69, 9.17) is 14.2 Å². The number of nitrogens with one attached hydrogen (secondary N) is 1. The van der Waals surface area contributed by atoms with Gasteiger partial charge in [-0.25, -0.2) is 4.68 Å². The highest BCUT2D eigenvalue weighted by Crippen LogP contribution is 2.34. The molecule has 0 spiro atoms. The minimum absolute atomic E-state index is 0.0976. The standard InChI is InChI=1S/C32H34N6O4/c1-5-27(31-34-35-36-38(31)17-22-7-11-26(40-4)12-8-22)37(16-23-9-13-28-29(14-23)42-19-41-28)18-25-15-24-10-6-20(2)21(3)30(24)33-32(25)39/h6-15,27H,5,16-19H2,1-4H3,(H,33,39)/t27-/m1/s1. The number of aromatic amines is 1. The smallest absolute Gasteiger partial charge is 0.252 e. The number of aryl methyl sites for hydroxylation is 2. The minimum atomic E-state index is -0.168. The molecule has 10 heteroatoms. The van der Waals surface area contributed by atoms with Crippen LogP contribution in [0.2, 0.25) is 0 Å². The summed E-state index contributed by atoms with van der Waals surface area (Å²) >= 11 is 0. The van der Waals surface area contributed by atoms with E-state index in [1.54, 1.807) is 7.11 Å². The number of tetrazole rings is 1. The normalized spacial score (nSPS) is 13.2. The molecule has 0 aliphatic carbocycles. The van der Waals surface area contributed by atoms with Crippen molar-refractivity contribution in [1.29, 1.82) is 0 Å². The SMILES string of the molecule is CC[C@H](c1nnnn1Cc1ccc(OC)cc1)N(Cc1ccc2c(c1)OCO2)Cc1cc2ccc(C)c(C)c2[nH]c1=O. The number of aromatic nitrogens is 5. The van der Waals surface area contributed by atoms with Crippen molar-refractivity contribution < 1.29 is 14.2 Å². The fraction of sp³-hybridized carbons (Fsp3) is 0.312. The Morgan fingerprint density at radius 3 is 2.57 bits per heavy atom. The predicted octanol–water partition coefficient (Wildman–Crippen LogP) is 5.07. The predicted molar refractivity (Wildman–Crippen MR) is 159 cm³/mol. The van der Waals surface area contributed by atoms with Crippen molar-refractivity contribution in [2.24, 2.45) is 0 Å². The van der Waals surface area contributed by atoms with Crippen molar-refractivity contribution >= 4 is 10.9 Å². The van der Waals surface area contributed by atoms with E-state index in [9.17, 15) is 4.79 Å². The first-order chi connectivity index (χ1) is 20.4. The Morgan fingerprint density at radius 1 is 1.00 bits per heavy atom. The number of nitrogens with zero attached hydrogens (tertiary/aromatic N) is 5. The number of H-pyrrole nitrogens is 1. The Bertz CT molecular complexity index is 1780. The summed E-state index contributed by atoms with van der Waals surface area (Å²) in [6, 6.07) is 19.8. The van der Waals surface area contributed by atoms with Gasteiger partial charge >= 0.3 is 0 Å². The highest BCUT2D eigenvalue weighted by Gasteiger charge is 2.27. The first kappa shape index (κ1) is 27.5. The van der Waals surface area contributed by atoms with Crippen LogP contribution in [0.25, 0.3) is 10.9 Å².